The Balaban J connectivity index is 1.61. The zero-order valence-electron chi connectivity index (χ0n) is 14.2. The van der Waals surface area contributed by atoms with E-state index in [0.29, 0.717) is 11.6 Å². The molecule has 1 atom stereocenters. The maximum atomic E-state index is 5.94. The first-order valence-corrected chi connectivity index (χ1v) is 9.41. The number of fused-ring (bicyclic) bond motifs is 2. The van der Waals surface area contributed by atoms with Crippen molar-refractivity contribution in [3.8, 4) is 11.6 Å². The van der Waals surface area contributed by atoms with Crippen molar-refractivity contribution in [2.24, 2.45) is 0 Å². The van der Waals surface area contributed by atoms with E-state index in [0.717, 1.165) is 27.4 Å². The van der Waals surface area contributed by atoms with Gasteiger partial charge in [0.1, 0.15) is 10.6 Å². The molecule has 3 aromatic heterocycles. The molecule has 0 saturated carbocycles. The normalized spacial score (nSPS) is 12.8. The van der Waals surface area contributed by atoms with E-state index in [9.17, 15) is 0 Å². The fourth-order valence-electron chi connectivity index (χ4n) is 3.26. The van der Waals surface area contributed by atoms with Crippen LogP contribution in [0.15, 0.2) is 65.1 Å². The third kappa shape index (κ3) is 2.42. The fraction of sp³-hybridized carbons (Fsp3) is 0.150. The molecule has 0 N–H and O–H groups in total. The van der Waals surface area contributed by atoms with Crippen molar-refractivity contribution >= 4 is 27.3 Å². The zero-order valence-corrected chi connectivity index (χ0v) is 15.0. The van der Waals surface area contributed by atoms with E-state index in [4.69, 9.17) is 9.52 Å². The summed E-state index contributed by atoms with van der Waals surface area (Å²) in [6, 6.07) is 20.4. The van der Waals surface area contributed by atoms with Gasteiger partial charge in [-0.05, 0) is 24.1 Å². The average molecular weight is 360 g/mol. The Hall–Kier alpha value is -2.99. The molecule has 0 aliphatic carbocycles. The molecule has 0 aliphatic heterocycles. The lowest BCUT2D eigenvalue weighted by Crippen LogP contribution is -2.00. The van der Waals surface area contributed by atoms with E-state index in [2.05, 4.69) is 41.4 Å². The third-order valence-electron chi connectivity index (χ3n) is 4.56. The molecule has 0 radical (unpaired) electrons. The Morgan fingerprint density at radius 1 is 1.04 bits per heavy atom. The molecule has 5 nitrogen and oxygen atoms in total. The lowest BCUT2D eigenvalue weighted by molar-refractivity contribution is 0.620. The van der Waals surface area contributed by atoms with E-state index in [1.54, 1.807) is 15.9 Å². The standard InChI is InChI=1S/C20H16N4OS/c1-2-15(13-8-4-3-5-9-13)19-23-24-18(21-22-20(24)26-19)17-12-14-10-6-7-11-16(14)25-17/h3-12,15H,2H2,1H3. The number of benzene rings is 2. The molecule has 5 aromatic rings. The van der Waals surface area contributed by atoms with Gasteiger partial charge in [-0.2, -0.15) is 9.61 Å². The average Bonchev–Trinajstić information content (AvgIpc) is 3.36. The van der Waals surface area contributed by atoms with Gasteiger partial charge >= 0.3 is 0 Å². The van der Waals surface area contributed by atoms with Crippen molar-refractivity contribution in [3.05, 3.63) is 71.2 Å². The highest BCUT2D eigenvalue weighted by Crippen LogP contribution is 2.33. The van der Waals surface area contributed by atoms with Crippen LogP contribution >= 0.6 is 11.3 Å². The van der Waals surface area contributed by atoms with E-state index in [1.165, 1.54) is 5.56 Å². The van der Waals surface area contributed by atoms with Crippen molar-refractivity contribution in [1.29, 1.82) is 0 Å². The molecule has 0 fully saturated rings. The molecule has 5 rings (SSSR count). The molecule has 0 amide bonds. The van der Waals surface area contributed by atoms with Crippen molar-refractivity contribution in [2.45, 2.75) is 19.3 Å². The third-order valence-corrected chi connectivity index (χ3v) is 5.57. The summed E-state index contributed by atoms with van der Waals surface area (Å²) in [6.07, 6.45) is 0.980. The van der Waals surface area contributed by atoms with Crippen LogP contribution in [0.1, 0.15) is 29.8 Å². The molecule has 2 aromatic carbocycles. The maximum absolute atomic E-state index is 5.94. The number of furan rings is 1. The summed E-state index contributed by atoms with van der Waals surface area (Å²) in [6.45, 7) is 2.18. The Kier molecular flexibility index (Phi) is 3.57. The second-order valence-electron chi connectivity index (χ2n) is 6.18. The minimum Gasteiger partial charge on any atom is -0.453 e. The first-order chi connectivity index (χ1) is 12.8. The summed E-state index contributed by atoms with van der Waals surface area (Å²) < 4.78 is 7.74. The molecule has 6 heteroatoms. The summed E-state index contributed by atoms with van der Waals surface area (Å²) in [4.78, 5) is 0.782. The Morgan fingerprint density at radius 2 is 1.85 bits per heavy atom. The van der Waals surface area contributed by atoms with Crippen LogP contribution in [0, 0.1) is 0 Å². The molecule has 3 heterocycles. The summed E-state index contributed by atoms with van der Waals surface area (Å²) >= 11 is 1.58. The number of hydrogen-bond donors (Lipinski definition) is 0. The largest absolute Gasteiger partial charge is 0.453 e. The number of nitrogens with zero attached hydrogens (tertiary/aromatic N) is 4. The van der Waals surface area contributed by atoms with Gasteiger partial charge in [0, 0.05) is 11.3 Å². The van der Waals surface area contributed by atoms with Gasteiger partial charge in [0.2, 0.25) is 10.8 Å². The van der Waals surface area contributed by atoms with Gasteiger partial charge in [0.25, 0.3) is 0 Å². The molecular formula is C20H16N4OS. The number of para-hydroxylation sites is 1. The number of hydrogen-bond acceptors (Lipinski definition) is 5. The fourth-order valence-corrected chi connectivity index (χ4v) is 4.31. The Labute approximate surface area is 153 Å². The van der Waals surface area contributed by atoms with Gasteiger partial charge in [-0.15, -0.1) is 10.2 Å². The summed E-state index contributed by atoms with van der Waals surface area (Å²) in [5.41, 5.74) is 2.11. The molecule has 1 unspecified atom stereocenters. The van der Waals surface area contributed by atoms with E-state index < -0.39 is 0 Å². The smallest absolute Gasteiger partial charge is 0.235 e. The van der Waals surface area contributed by atoms with Crippen LogP contribution < -0.4 is 0 Å². The van der Waals surface area contributed by atoms with Crippen molar-refractivity contribution < 1.29 is 4.42 Å². The topological polar surface area (TPSA) is 56.2 Å². The van der Waals surface area contributed by atoms with Crippen molar-refractivity contribution in [3.63, 3.8) is 0 Å². The molecule has 128 valence electrons. The van der Waals surface area contributed by atoms with Crippen LogP contribution in [-0.4, -0.2) is 19.8 Å². The highest BCUT2D eigenvalue weighted by Gasteiger charge is 2.21. The van der Waals surface area contributed by atoms with Gasteiger partial charge in [0.15, 0.2) is 5.76 Å². The molecular weight excluding hydrogens is 344 g/mol. The van der Waals surface area contributed by atoms with Crippen LogP contribution in [0.3, 0.4) is 0 Å². The highest BCUT2D eigenvalue weighted by molar-refractivity contribution is 7.16. The van der Waals surface area contributed by atoms with Crippen LogP contribution in [0.5, 0.6) is 0 Å². The van der Waals surface area contributed by atoms with Gasteiger partial charge in [-0.3, -0.25) is 0 Å². The second kappa shape index (κ2) is 6.07. The first-order valence-electron chi connectivity index (χ1n) is 8.59. The quantitative estimate of drug-likeness (QED) is 0.445. The SMILES string of the molecule is CCC(c1ccccc1)c1nn2c(-c3cc4ccccc4o3)nnc2s1. The van der Waals surface area contributed by atoms with Crippen LogP contribution in [0.25, 0.3) is 27.5 Å². The predicted molar refractivity (Wildman–Crippen MR) is 102 cm³/mol. The number of aromatic nitrogens is 4. The lowest BCUT2D eigenvalue weighted by Gasteiger charge is -2.11. The van der Waals surface area contributed by atoms with Crippen molar-refractivity contribution in [1.82, 2.24) is 19.8 Å². The van der Waals surface area contributed by atoms with E-state index >= 15 is 0 Å². The van der Waals surface area contributed by atoms with E-state index in [-0.39, 0.29) is 5.92 Å². The minimum atomic E-state index is 0.256. The Morgan fingerprint density at radius 3 is 2.65 bits per heavy atom. The van der Waals surface area contributed by atoms with E-state index in [1.807, 2.05) is 36.4 Å². The zero-order chi connectivity index (χ0) is 17.5. The molecule has 26 heavy (non-hydrogen) atoms. The lowest BCUT2D eigenvalue weighted by atomic mass is 9.97. The monoisotopic (exact) mass is 360 g/mol. The Bertz CT molecular complexity index is 1160. The summed E-state index contributed by atoms with van der Waals surface area (Å²) in [7, 11) is 0. The minimum absolute atomic E-state index is 0.256. The first kappa shape index (κ1) is 15.3. The summed E-state index contributed by atoms with van der Waals surface area (Å²) in [5.74, 6) is 1.58. The van der Waals surface area contributed by atoms with Gasteiger partial charge in [-0.1, -0.05) is 66.8 Å². The van der Waals surface area contributed by atoms with Gasteiger partial charge < -0.3 is 4.42 Å². The van der Waals surface area contributed by atoms with Gasteiger partial charge in [-0.25, -0.2) is 0 Å². The maximum Gasteiger partial charge on any atom is 0.235 e. The van der Waals surface area contributed by atoms with Crippen molar-refractivity contribution in [2.75, 3.05) is 0 Å². The van der Waals surface area contributed by atoms with Gasteiger partial charge in [0.05, 0.1) is 0 Å². The number of rotatable bonds is 4. The van der Waals surface area contributed by atoms with Crippen LogP contribution in [0.4, 0.5) is 0 Å². The second-order valence-corrected chi connectivity index (χ2v) is 7.17. The molecule has 0 saturated heterocycles. The van der Waals surface area contributed by atoms with Crippen LogP contribution in [-0.2, 0) is 0 Å². The highest BCUT2D eigenvalue weighted by atomic mass is 32.1. The molecule has 0 bridgehead atoms. The summed E-state index contributed by atoms with van der Waals surface area (Å²) in [5, 5.41) is 15.5. The van der Waals surface area contributed by atoms with Crippen LogP contribution in [0.2, 0.25) is 0 Å². The molecule has 0 spiro atoms. The predicted octanol–water partition coefficient (Wildman–Crippen LogP) is 5.14. The molecule has 0 aliphatic rings.